The van der Waals surface area contributed by atoms with E-state index in [1.807, 2.05) is 0 Å². The fourth-order valence-corrected chi connectivity index (χ4v) is 3.97. The first kappa shape index (κ1) is 19.4. The Morgan fingerprint density at radius 2 is 2.08 bits per heavy atom. The number of carboxylic acids is 1. The van der Waals surface area contributed by atoms with E-state index in [-0.39, 0.29) is 29.5 Å². The number of sulfonamides is 1. The number of hydrogen-bond acceptors (Lipinski definition) is 5. The molecule has 1 heterocycles. The molecule has 1 fully saturated rings. The van der Waals surface area contributed by atoms with Crippen LogP contribution >= 0.6 is 0 Å². The highest BCUT2D eigenvalue weighted by molar-refractivity contribution is 7.89. The Kier molecular flexibility index (Phi) is 5.81. The van der Waals surface area contributed by atoms with Crippen molar-refractivity contribution in [2.24, 2.45) is 0 Å². The minimum atomic E-state index is -3.73. The van der Waals surface area contributed by atoms with Crippen LogP contribution in [-0.2, 0) is 19.6 Å². The zero-order valence-electron chi connectivity index (χ0n) is 14.1. The summed E-state index contributed by atoms with van der Waals surface area (Å²) in [5.74, 6) is -1.57. The predicted molar refractivity (Wildman–Crippen MR) is 89.8 cm³/mol. The molecule has 0 saturated carbocycles. The third kappa shape index (κ3) is 5.00. The second-order valence-corrected chi connectivity index (χ2v) is 8.13. The minimum absolute atomic E-state index is 0.0243. The molecule has 3 N–H and O–H groups in total. The van der Waals surface area contributed by atoms with Crippen molar-refractivity contribution in [3.8, 4) is 0 Å². The van der Waals surface area contributed by atoms with Gasteiger partial charge >= 0.3 is 5.97 Å². The molecule has 0 spiro atoms. The van der Waals surface area contributed by atoms with Gasteiger partial charge in [0.05, 0.1) is 23.5 Å². The zero-order chi connectivity index (χ0) is 18.7. The SMILES string of the molecule is CC(C)NS(=O)(=O)c1cccc(C(=O)NC2(CC(=O)O)CCOC2)c1. The Morgan fingerprint density at radius 1 is 1.36 bits per heavy atom. The van der Waals surface area contributed by atoms with Crippen molar-refractivity contribution in [2.45, 2.75) is 43.2 Å². The van der Waals surface area contributed by atoms with Crippen LogP contribution in [0, 0.1) is 0 Å². The van der Waals surface area contributed by atoms with Crippen molar-refractivity contribution in [3.63, 3.8) is 0 Å². The van der Waals surface area contributed by atoms with E-state index in [1.54, 1.807) is 13.8 Å². The number of benzene rings is 1. The van der Waals surface area contributed by atoms with Crippen LogP contribution < -0.4 is 10.0 Å². The van der Waals surface area contributed by atoms with E-state index in [1.165, 1.54) is 24.3 Å². The fraction of sp³-hybridized carbons (Fsp3) is 0.500. The molecule has 1 unspecified atom stereocenters. The third-order valence-electron chi connectivity index (χ3n) is 3.77. The van der Waals surface area contributed by atoms with Gasteiger partial charge in [-0.2, -0.15) is 0 Å². The molecule has 138 valence electrons. The second-order valence-electron chi connectivity index (χ2n) is 6.41. The highest BCUT2D eigenvalue weighted by Gasteiger charge is 2.38. The van der Waals surface area contributed by atoms with E-state index in [0.717, 1.165) is 0 Å². The summed E-state index contributed by atoms with van der Waals surface area (Å²) >= 11 is 0. The number of nitrogens with one attached hydrogen (secondary N) is 2. The maximum atomic E-state index is 12.5. The molecule has 1 aromatic rings. The summed E-state index contributed by atoms with van der Waals surface area (Å²) in [7, 11) is -3.73. The summed E-state index contributed by atoms with van der Waals surface area (Å²) in [4.78, 5) is 23.6. The van der Waals surface area contributed by atoms with Crippen molar-refractivity contribution in [3.05, 3.63) is 29.8 Å². The maximum absolute atomic E-state index is 12.5. The molecule has 0 radical (unpaired) electrons. The molecule has 0 aliphatic carbocycles. The van der Waals surface area contributed by atoms with E-state index in [2.05, 4.69) is 10.0 Å². The van der Waals surface area contributed by atoms with E-state index < -0.39 is 27.4 Å². The van der Waals surface area contributed by atoms with Crippen LogP contribution in [0.3, 0.4) is 0 Å². The number of carbonyl (C=O) groups excluding carboxylic acids is 1. The molecule has 9 heteroatoms. The first-order valence-electron chi connectivity index (χ1n) is 7.88. The van der Waals surface area contributed by atoms with Gasteiger partial charge in [-0.3, -0.25) is 9.59 Å². The van der Waals surface area contributed by atoms with E-state index in [9.17, 15) is 18.0 Å². The molecular weight excluding hydrogens is 348 g/mol. The van der Waals surface area contributed by atoms with Gasteiger partial charge in [0.25, 0.3) is 5.91 Å². The monoisotopic (exact) mass is 370 g/mol. The molecule has 8 nitrogen and oxygen atoms in total. The van der Waals surface area contributed by atoms with Crippen LogP contribution in [0.15, 0.2) is 29.2 Å². The molecule has 1 aliphatic rings. The Bertz CT molecular complexity index is 754. The highest BCUT2D eigenvalue weighted by atomic mass is 32.2. The van der Waals surface area contributed by atoms with Gasteiger partial charge in [0.1, 0.15) is 0 Å². The number of carbonyl (C=O) groups is 2. The van der Waals surface area contributed by atoms with Crippen LogP contribution in [0.25, 0.3) is 0 Å². The summed E-state index contributed by atoms with van der Waals surface area (Å²) < 4.78 is 32.1. The summed E-state index contributed by atoms with van der Waals surface area (Å²) in [6, 6.07) is 5.33. The van der Waals surface area contributed by atoms with Gasteiger partial charge in [0, 0.05) is 18.2 Å². The van der Waals surface area contributed by atoms with Gasteiger partial charge < -0.3 is 15.2 Å². The average Bonchev–Trinajstić information content (AvgIpc) is 2.93. The summed E-state index contributed by atoms with van der Waals surface area (Å²) in [5, 5.41) is 11.8. The molecule has 1 saturated heterocycles. The lowest BCUT2D eigenvalue weighted by atomic mass is 9.94. The molecule has 0 aromatic heterocycles. The van der Waals surface area contributed by atoms with Crippen molar-refractivity contribution >= 4 is 21.9 Å². The van der Waals surface area contributed by atoms with E-state index in [0.29, 0.717) is 13.0 Å². The lowest BCUT2D eigenvalue weighted by Gasteiger charge is -2.27. The van der Waals surface area contributed by atoms with Crippen LogP contribution in [0.5, 0.6) is 0 Å². The molecule has 2 rings (SSSR count). The minimum Gasteiger partial charge on any atom is -0.481 e. The third-order valence-corrected chi connectivity index (χ3v) is 5.43. The Balaban J connectivity index is 2.22. The van der Waals surface area contributed by atoms with Crippen molar-refractivity contribution in [2.75, 3.05) is 13.2 Å². The number of rotatable bonds is 7. The quantitative estimate of drug-likeness (QED) is 0.651. The van der Waals surface area contributed by atoms with E-state index >= 15 is 0 Å². The second kappa shape index (κ2) is 7.51. The first-order chi connectivity index (χ1) is 11.6. The smallest absolute Gasteiger partial charge is 0.305 e. The normalized spacial score (nSPS) is 20.6. The lowest BCUT2D eigenvalue weighted by molar-refractivity contribution is -0.138. The molecule has 1 aromatic carbocycles. The van der Waals surface area contributed by atoms with Crippen LogP contribution in [0.4, 0.5) is 0 Å². The largest absolute Gasteiger partial charge is 0.481 e. The van der Waals surface area contributed by atoms with Gasteiger partial charge in [0.15, 0.2) is 0 Å². The summed E-state index contributed by atoms with van der Waals surface area (Å²) in [6.45, 7) is 3.87. The Labute approximate surface area is 146 Å². The number of ether oxygens (including phenoxy) is 1. The van der Waals surface area contributed by atoms with Crippen molar-refractivity contribution in [1.82, 2.24) is 10.0 Å². The average molecular weight is 370 g/mol. The predicted octanol–water partition coefficient (Wildman–Crippen LogP) is 0.737. The fourth-order valence-electron chi connectivity index (χ4n) is 2.67. The number of amides is 1. The van der Waals surface area contributed by atoms with Gasteiger partial charge in [-0.25, -0.2) is 13.1 Å². The van der Waals surface area contributed by atoms with Gasteiger partial charge in [0.2, 0.25) is 10.0 Å². The van der Waals surface area contributed by atoms with Gasteiger partial charge in [-0.15, -0.1) is 0 Å². The Morgan fingerprint density at radius 3 is 2.64 bits per heavy atom. The maximum Gasteiger partial charge on any atom is 0.305 e. The van der Waals surface area contributed by atoms with Crippen molar-refractivity contribution in [1.29, 1.82) is 0 Å². The first-order valence-corrected chi connectivity index (χ1v) is 9.36. The van der Waals surface area contributed by atoms with Crippen LogP contribution in [0.2, 0.25) is 0 Å². The van der Waals surface area contributed by atoms with Gasteiger partial charge in [-0.1, -0.05) is 6.07 Å². The number of aliphatic carboxylic acids is 1. The Hall–Kier alpha value is -1.97. The molecule has 1 amide bonds. The van der Waals surface area contributed by atoms with Crippen LogP contribution in [0.1, 0.15) is 37.0 Å². The number of carboxylic acid groups (broad SMARTS) is 1. The van der Waals surface area contributed by atoms with Crippen molar-refractivity contribution < 1.29 is 27.9 Å². The standard InChI is InChI=1S/C16H22N2O6S/c1-11(2)18-25(22,23)13-5-3-4-12(8-13)15(21)17-16(9-14(19)20)6-7-24-10-16/h3-5,8,11,18H,6-7,9-10H2,1-2H3,(H,17,21)(H,19,20). The van der Waals surface area contributed by atoms with E-state index in [4.69, 9.17) is 9.84 Å². The molecule has 25 heavy (non-hydrogen) atoms. The molecule has 1 aliphatic heterocycles. The molecular formula is C16H22N2O6S. The molecule has 1 atom stereocenters. The molecule has 0 bridgehead atoms. The highest BCUT2D eigenvalue weighted by Crippen LogP contribution is 2.23. The summed E-state index contributed by atoms with van der Waals surface area (Å²) in [5.41, 5.74) is -0.836. The number of hydrogen-bond donors (Lipinski definition) is 3. The van der Waals surface area contributed by atoms with Crippen LogP contribution in [-0.4, -0.2) is 50.2 Å². The van der Waals surface area contributed by atoms with Gasteiger partial charge in [-0.05, 0) is 38.5 Å². The topological polar surface area (TPSA) is 122 Å². The lowest BCUT2D eigenvalue weighted by Crippen LogP contribution is -2.50. The zero-order valence-corrected chi connectivity index (χ0v) is 14.9. The summed E-state index contributed by atoms with van der Waals surface area (Å²) in [6.07, 6.45) is 0.129.